The summed E-state index contributed by atoms with van der Waals surface area (Å²) in [7, 11) is -3.68. The molecule has 3 rings (SSSR count). The van der Waals surface area contributed by atoms with E-state index in [0.717, 1.165) is 28.2 Å². The molecule has 1 heterocycles. The van der Waals surface area contributed by atoms with Crippen molar-refractivity contribution in [3.8, 4) is 0 Å². The molecule has 0 fully saturated rings. The minimum Gasteiger partial charge on any atom is -0.308 e. The lowest BCUT2D eigenvalue weighted by Crippen LogP contribution is -2.44. The van der Waals surface area contributed by atoms with E-state index in [1.165, 1.54) is 18.2 Å². The number of halogens is 1. The van der Waals surface area contributed by atoms with E-state index in [-0.39, 0.29) is 30.6 Å². The number of carbonyl (C=O) groups is 1. The number of anilines is 1. The Hall–Kier alpha value is -2.25. The highest BCUT2D eigenvalue weighted by atomic mass is 32.2. The van der Waals surface area contributed by atoms with Crippen molar-refractivity contribution in [3.05, 3.63) is 65.5 Å². The van der Waals surface area contributed by atoms with Gasteiger partial charge in [0.15, 0.2) is 0 Å². The van der Waals surface area contributed by atoms with E-state index in [2.05, 4.69) is 0 Å². The van der Waals surface area contributed by atoms with Crippen LogP contribution in [-0.2, 0) is 27.8 Å². The molecule has 1 amide bonds. The highest BCUT2D eigenvalue weighted by molar-refractivity contribution is 7.88. The van der Waals surface area contributed by atoms with Crippen LogP contribution in [0.4, 0.5) is 10.1 Å². The maximum atomic E-state index is 13.9. The molecule has 0 unspecified atom stereocenters. The number of benzene rings is 2. The zero-order valence-corrected chi connectivity index (χ0v) is 15.5. The second-order valence-corrected chi connectivity index (χ2v) is 8.55. The average molecular weight is 376 g/mol. The summed E-state index contributed by atoms with van der Waals surface area (Å²) in [6, 6.07) is 13.5. The van der Waals surface area contributed by atoms with Crippen LogP contribution in [0.1, 0.15) is 18.1 Å². The van der Waals surface area contributed by atoms with Crippen LogP contribution < -0.4 is 4.90 Å². The molecule has 138 valence electrons. The molecular formula is C19H21FN2O3S. The van der Waals surface area contributed by atoms with E-state index in [0.29, 0.717) is 0 Å². The molecule has 0 bridgehead atoms. The quantitative estimate of drug-likeness (QED) is 0.806. The van der Waals surface area contributed by atoms with Crippen LogP contribution in [0.5, 0.6) is 0 Å². The Labute approximate surface area is 153 Å². The molecule has 2 aromatic rings. The zero-order valence-electron chi connectivity index (χ0n) is 14.7. The molecule has 0 aliphatic carbocycles. The molecule has 2 aromatic carbocycles. The normalized spacial score (nSPS) is 16.8. The Morgan fingerprint density at radius 2 is 1.85 bits per heavy atom. The first kappa shape index (κ1) is 18.5. The Bertz CT molecular complexity index is 930. The van der Waals surface area contributed by atoms with Gasteiger partial charge in [-0.3, -0.25) is 4.79 Å². The van der Waals surface area contributed by atoms with Crippen LogP contribution in [0, 0.1) is 5.82 Å². The largest absolute Gasteiger partial charge is 0.308 e. The van der Waals surface area contributed by atoms with E-state index < -0.39 is 15.8 Å². The van der Waals surface area contributed by atoms with Crippen molar-refractivity contribution in [2.75, 3.05) is 17.7 Å². The molecule has 1 aliphatic heterocycles. The van der Waals surface area contributed by atoms with Gasteiger partial charge >= 0.3 is 0 Å². The molecule has 1 atom stereocenters. The van der Waals surface area contributed by atoms with Gasteiger partial charge in [-0.25, -0.2) is 12.8 Å². The van der Waals surface area contributed by atoms with Crippen molar-refractivity contribution in [2.45, 2.75) is 25.9 Å². The summed E-state index contributed by atoms with van der Waals surface area (Å²) in [6.07, 6.45) is 1.76. The third-order valence-electron chi connectivity index (χ3n) is 4.56. The standard InChI is InChI=1S/C19H21FN2O3S/c1-14-11-15-7-4-6-10-18(15)22(14)19(23)13-21(26(2,24)25)12-16-8-3-5-9-17(16)20/h3-10,14H,11-13H2,1-2H3/t14-/m0/s1. The fourth-order valence-corrected chi connectivity index (χ4v) is 4.00. The number of hydrogen-bond donors (Lipinski definition) is 0. The summed E-state index contributed by atoms with van der Waals surface area (Å²) < 4.78 is 39.2. The van der Waals surface area contributed by atoms with Gasteiger partial charge in [0.2, 0.25) is 15.9 Å². The zero-order chi connectivity index (χ0) is 18.9. The van der Waals surface area contributed by atoms with E-state index >= 15 is 0 Å². The van der Waals surface area contributed by atoms with Gasteiger partial charge in [0.05, 0.1) is 12.8 Å². The maximum absolute atomic E-state index is 13.9. The summed E-state index contributed by atoms with van der Waals surface area (Å²) >= 11 is 0. The van der Waals surface area contributed by atoms with Crippen LogP contribution in [0.2, 0.25) is 0 Å². The predicted octanol–water partition coefficient (Wildman–Crippen LogP) is 2.57. The number of nitrogens with zero attached hydrogens (tertiary/aromatic N) is 2. The molecule has 5 nitrogen and oxygen atoms in total. The third kappa shape index (κ3) is 3.78. The molecule has 0 saturated heterocycles. The summed E-state index contributed by atoms with van der Waals surface area (Å²) in [6.45, 7) is 1.42. The van der Waals surface area contributed by atoms with E-state index in [9.17, 15) is 17.6 Å². The van der Waals surface area contributed by atoms with Gasteiger partial charge < -0.3 is 4.90 Å². The summed E-state index contributed by atoms with van der Waals surface area (Å²) in [5.74, 6) is -0.808. The van der Waals surface area contributed by atoms with Gasteiger partial charge in [-0.05, 0) is 31.0 Å². The molecule has 0 aromatic heterocycles. The summed E-state index contributed by atoms with van der Waals surface area (Å²) in [5, 5.41) is 0. The molecule has 0 N–H and O–H groups in total. The first-order valence-corrected chi connectivity index (χ1v) is 10.2. The summed E-state index contributed by atoms with van der Waals surface area (Å²) in [5.41, 5.74) is 2.11. The van der Waals surface area contributed by atoms with Crippen molar-refractivity contribution in [2.24, 2.45) is 0 Å². The number of fused-ring (bicyclic) bond motifs is 1. The van der Waals surface area contributed by atoms with Gasteiger partial charge in [0.25, 0.3) is 0 Å². The lowest BCUT2D eigenvalue weighted by atomic mass is 10.1. The van der Waals surface area contributed by atoms with Gasteiger partial charge in [0, 0.05) is 23.8 Å². The van der Waals surface area contributed by atoms with Gasteiger partial charge in [-0.1, -0.05) is 36.4 Å². The van der Waals surface area contributed by atoms with Crippen LogP contribution in [-0.4, -0.2) is 37.5 Å². The lowest BCUT2D eigenvalue weighted by molar-refractivity contribution is -0.119. The highest BCUT2D eigenvalue weighted by Gasteiger charge is 2.33. The Kier molecular flexibility index (Phi) is 5.11. The van der Waals surface area contributed by atoms with Crippen LogP contribution in [0.25, 0.3) is 0 Å². The molecule has 1 aliphatic rings. The van der Waals surface area contributed by atoms with Crippen LogP contribution in [0.15, 0.2) is 48.5 Å². The van der Waals surface area contributed by atoms with Crippen molar-refractivity contribution in [1.29, 1.82) is 0 Å². The second kappa shape index (κ2) is 7.17. The van der Waals surface area contributed by atoms with E-state index in [1.54, 1.807) is 11.0 Å². The molecule has 26 heavy (non-hydrogen) atoms. The van der Waals surface area contributed by atoms with Gasteiger partial charge in [-0.15, -0.1) is 0 Å². The average Bonchev–Trinajstić information content (AvgIpc) is 2.91. The fourth-order valence-electron chi connectivity index (χ4n) is 3.28. The Morgan fingerprint density at radius 3 is 2.54 bits per heavy atom. The number of carbonyl (C=O) groups excluding carboxylic acids is 1. The third-order valence-corrected chi connectivity index (χ3v) is 5.76. The van der Waals surface area contributed by atoms with Crippen molar-refractivity contribution in [3.63, 3.8) is 0 Å². The predicted molar refractivity (Wildman–Crippen MR) is 98.7 cm³/mol. The van der Waals surface area contributed by atoms with Crippen molar-refractivity contribution < 1.29 is 17.6 Å². The van der Waals surface area contributed by atoms with Gasteiger partial charge in [0.1, 0.15) is 5.82 Å². The molecule has 0 spiro atoms. The molecular weight excluding hydrogens is 355 g/mol. The van der Waals surface area contributed by atoms with E-state index in [4.69, 9.17) is 0 Å². The smallest absolute Gasteiger partial charge is 0.242 e. The van der Waals surface area contributed by atoms with Crippen molar-refractivity contribution >= 4 is 21.6 Å². The highest BCUT2D eigenvalue weighted by Crippen LogP contribution is 2.32. The van der Waals surface area contributed by atoms with E-state index in [1.807, 2.05) is 31.2 Å². The van der Waals surface area contributed by atoms with Crippen LogP contribution in [0.3, 0.4) is 0 Å². The number of rotatable bonds is 5. The minimum absolute atomic E-state index is 0.0465. The first-order valence-electron chi connectivity index (χ1n) is 8.36. The van der Waals surface area contributed by atoms with Crippen molar-refractivity contribution in [1.82, 2.24) is 4.31 Å². The van der Waals surface area contributed by atoms with Crippen LogP contribution >= 0.6 is 0 Å². The topological polar surface area (TPSA) is 57.7 Å². The monoisotopic (exact) mass is 376 g/mol. The molecule has 0 radical (unpaired) electrons. The Morgan fingerprint density at radius 1 is 1.19 bits per heavy atom. The lowest BCUT2D eigenvalue weighted by Gasteiger charge is -2.26. The second-order valence-electron chi connectivity index (χ2n) is 6.57. The first-order chi connectivity index (χ1) is 12.3. The SMILES string of the molecule is C[C@H]1Cc2ccccc2N1C(=O)CN(Cc1ccccc1F)S(C)(=O)=O. The molecule has 7 heteroatoms. The number of sulfonamides is 1. The molecule has 0 saturated carbocycles. The van der Waals surface area contributed by atoms with Gasteiger partial charge in [-0.2, -0.15) is 4.31 Å². The maximum Gasteiger partial charge on any atom is 0.242 e. The number of amides is 1. The fraction of sp³-hybridized carbons (Fsp3) is 0.316. The number of para-hydroxylation sites is 1. The Balaban J connectivity index is 1.84. The number of hydrogen-bond acceptors (Lipinski definition) is 3. The minimum atomic E-state index is -3.68. The summed E-state index contributed by atoms with van der Waals surface area (Å²) in [4.78, 5) is 14.5.